The van der Waals surface area contributed by atoms with Gasteiger partial charge in [-0.05, 0) is 31.2 Å². The molecule has 1 aliphatic rings. The molecule has 0 amide bonds. The molecular formula is C11H12ClN3S. The maximum atomic E-state index is 9.16. The van der Waals surface area contributed by atoms with Crippen LogP contribution in [0, 0.1) is 11.3 Å². The lowest BCUT2D eigenvalue weighted by molar-refractivity contribution is 0.696. The minimum absolute atomic E-state index is 0.202. The number of hydrogen-bond acceptors (Lipinski definition) is 3. The number of hydrogen-bond donors (Lipinski definition) is 1. The minimum atomic E-state index is 0.202. The summed E-state index contributed by atoms with van der Waals surface area (Å²) >= 11 is 7.17. The van der Waals surface area contributed by atoms with Gasteiger partial charge < -0.3 is 5.73 Å². The van der Waals surface area contributed by atoms with Crippen molar-refractivity contribution in [2.45, 2.75) is 25.7 Å². The Balaban J connectivity index is 2.47. The number of rotatable bonds is 2. The van der Waals surface area contributed by atoms with Crippen molar-refractivity contribution in [2.24, 2.45) is 10.7 Å². The van der Waals surface area contributed by atoms with E-state index in [9.17, 15) is 0 Å². The molecule has 1 aliphatic carbocycles. The van der Waals surface area contributed by atoms with Crippen LogP contribution in [0.4, 0.5) is 5.00 Å². The van der Waals surface area contributed by atoms with E-state index >= 15 is 0 Å². The highest BCUT2D eigenvalue weighted by molar-refractivity contribution is 7.16. The lowest BCUT2D eigenvalue weighted by Crippen LogP contribution is -2.12. The Morgan fingerprint density at radius 3 is 2.94 bits per heavy atom. The van der Waals surface area contributed by atoms with E-state index in [-0.39, 0.29) is 5.88 Å². The van der Waals surface area contributed by atoms with Crippen LogP contribution in [0.1, 0.15) is 28.8 Å². The molecule has 0 atom stereocenters. The van der Waals surface area contributed by atoms with Crippen molar-refractivity contribution in [1.29, 1.82) is 5.26 Å². The third kappa shape index (κ3) is 2.06. The van der Waals surface area contributed by atoms with E-state index in [0.29, 0.717) is 11.4 Å². The fourth-order valence-electron chi connectivity index (χ4n) is 1.91. The van der Waals surface area contributed by atoms with Crippen LogP contribution in [0.2, 0.25) is 0 Å². The summed E-state index contributed by atoms with van der Waals surface area (Å²) in [4.78, 5) is 5.51. The second kappa shape index (κ2) is 4.86. The predicted octanol–water partition coefficient (Wildman–Crippen LogP) is 2.73. The number of aryl methyl sites for hydroxylation is 1. The van der Waals surface area contributed by atoms with Crippen LogP contribution >= 0.6 is 22.9 Å². The van der Waals surface area contributed by atoms with Gasteiger partial charge in [-0.25, -0.2) is 4.99 Å². The number of nitrogens with zero attached hydrogens (tertiary/aromatic N) is 2. The predicted molar refractivity (Wildman–Crippen MR) is 67.7 cm³/mol. The van der Waals surface area contributed by atoms with Crippen LogP contribution in [0.15, 0.2) is 4.99 Å². The van der Waals surface area contributed by atoms with Gasteiger partial charge in [-0.2, -0.15) is 5.26 Å². The fourth-order valence-corrected chi connectivity index (χ4v) is 3.21. The lowest BCUT2D eigenvalue weighted by Gasteiger charge is -2.09. The molecule has 0 aromatic carbocycles. The highest BCUT2D eigenvalue weighted by atomic mass is 35.5. The first-order valence-electron chi connectivity index (χ1n) is 5.20. The van der Waals surface area contributed by atoms with Crippen LogP contribution in [-0.4, -0.2) is 11.7 Å². The summed E-state index contributed by atoms with van der Waals surface area (Å²) in [5.74, 6) is 0.574. The van der Waals surface area contributed by atoms with E-state index in [1.54, 1.807) is 11.3 Å². The van der Waals surface area contributed by atoms with Crippen molar-refractivity contribution in [1.82, 2.24) is 0 Å². The molecule has 0 spiro atoms. The van der Waals surface area contributed by atoms with Crippen molar-refractivity contribution >= 4 is 33.8 Å². The van der Waals surface area contributed by atoms with Gasteiger partial charge in [0.25, 0.3) is 0 Å². The van der Waals surface area contributed by atoms with E-state index in [4.69, 9.17) is 22.6 Å². The molecule has 0 saturated carbocycles. The average Bonchev–Trinajstić information content (AvgIpc) is 2.65. The highest BCUT2D eigenvalue weighted by Gasteiger charge is 2.20. The number of halogens is 1. The molecule has 5 heteroatoms. The molecule has 0 aliphatic heterocycles. The average molecular weight is 254 g/mol. The summed E-state index contributed by atoms with van der Waals surface area (Å²) in [5.41, 5.74) is 7.48. The Morgan fingerprint density at radius 1 is 1.50 bits per heavy atom. The maximum Gasteiger partial charge on any atom is 0.136 e. The quantitative estimate of drug-likeness (QED) is 0.500. The number of thiophene rings is 1. The summed E-state index contributed by atoms with van der Waals surface area (Å²) < 4.78 is 0. The van der Waals surface area contributed by atoms with E-state index in [1.165, 1.54) is 16.9 Å². The van der Waals surface area contributed by atoms with Gasteiger partial charge >= 0.3 is 0 Å². The lowest BCUT2D eigenvalue weighted by atomic mass is 9.96. The number of nitrogens with two attached hydrogens (primary N) is 1. The van der Waals surface area contributed by atoms with Crippen molar-refractivity contribution < 1.29 is 0 Å². The molecule has 1 aromatic heterocycles. The third-order valence-electron chi connectivity index (χ3n) is 2.65. The molecule has 1 heterocycles. The molecule has 1 aromatic rings. The standard InChI is InChI=1S/C11H12ClN3S/c12-5-10(14)15-11-8(6-13)7-3-1-2-4-9(7)16-11/h1-5H2,(H2,14,15). The van der Waals surface area contributed by atoms with Crippen LogP contribution < -0.4 is 5.73 Å². The van der Waals surface area contributed by atoms with Gasteiger partial charge in [0.1, 0.15) is 16.9 Å². The first-order valence-corrected chi connectivity index (χ1v) is 6.55. The molecular weight excluding hydrogens is 242 g/mol. The molecule has 0 bridgehead atoms. The monoisotopic (exact) mass is 253 g/mol. The van der Waals surface area contributed by atoms with Crippen LogP contribution in [0.25, 0.3) is 0 Å². The summed E-state index contributed by atoms with van der Waals surface area (Å²) in [7, 11) is 0. The Labute approximate surface area is 104 Å². The Bertz CT molecular complexity index is 470. The van der Waals surface area contributed by atoms with Crippen molar-refractivity contribution in [3.8, 4) is 6.07 Å². The van der Waals surface area contributed by atoms with Gasteiger partial charge in [-0.3, -0.25) is 0 Å². The molecule has 2 rings (SSSR count). The molecule has 0 saturated heterocycles. The van der Waals surface area contributed by atoms with Crippen molar-refractivity contribution in [3.63, 3.8) is 0 Å². The van der Waals surface area contributed by atoms with Gasteiger partial charge in [0.15, 0.2) is 0 Å². The second-order valence-corrected chi connectivity index (χ2v) is 5.09. The molecule has 84 valence electrons. The Kier molecular flexibility index (Phi) is 3.47. The SMILES string of the molecule is N#Cc1c(N=C(N)CCl)sc2c1CCCC2. The number of amidine groups is 1. The Hall–Kier alpha value is -1.05. The van der Waals surface area contributed by atoms with E-state index in [2.05, 4.69) is 11.1 Å². The normalized spacial score (nSPS) is 15.6. The van der Waals surface area contributed by atoms with E-state index in [0.717, 1.165) is 24.3 Å². The van der Waals surface area contributed by atoms with Gasteiger partial charge in [-0.15, -0.1) is 22.9 Å². The zero-order valence-electron chi connectivity index (χ0n) is 8.79. The number of fused-ring (bicyclic) bond motifs is 1. The Morgan fingerprint density at radius 2 is 2.25 bits per heavy atom. The molecule has 0 unspecified atom stereocenters. The summed E-state index contributed by atoms with van der Waals surface area (Å²) in [5, 5.41) is 9.89. The number of alkyl halides is 1. The first-order chi connectivity index (χ1) is 7.76. The highest BCUT2D eigenvalue weighted by Crippen LogP contribution is 2.39. The maximum absolute atomic E-state index is 9.16. The molecule has 3 nitrogen and oxygen atoms in total. The van der Waals surface area contributed by atoms with Crippen LogP contribution in [0.5, 0.6) is 0 Å². The molecule has 2 N–H and O–H groups in total. The molecule has 0 radical (unpaired) electrons. The van der Waals surface area contributed by atoms with Gasteiger partial charge in [0, 0.05) is 4.88 Å². The third-order valence-corrected chi connectivity index (χ3v) is 4.11. The fraction of sp³-hybridized carbons (Fsp3) is 0.455. The van der Waals surface area contributed by atoms with Crippen molar-refractivity contribution in [2.75, 3.05) is 5.88 Å². The first kappa shape index (κ1) is 11.4. The molecule has 16 heavy (non-hydrogen) atoms. The van der Waals surface area contributed by atoms with Crippen LogP contribution in [-0.2, 0) is 12.8 Å². The number of aliphatic imine (C=N–C) groups is 1. The van der Waals surface area contributed by atoms with E-state index in [1.807, 2.05) is 0 Å². The zero-order valence-corrected chi connectivity index (χ0v) is 10.4. The second-order valence-electron chi connectivity index (χ2n) is 3.74. The summed E-state index contributed by atoms with van der Waals surface area (Å²) in [6, 6.07) is 2.24. The van der Waals surface area contributed by atoms with E-state index < -0.39 is 0 Å². The minimum Gasteiger partial charge on any atom is -0.386 e. The van der Waals surface area contributed by atoms with Crippen molar-refractivity contribution in [3.05, 3.63) is 16.0 Å². The smallest absolute Gasteiger partial charge is 0.136 e. The van der Waals surface area contributed by atoms with Gasteiger partial charge in [-0.1, -0.05) is 0 Å². The van der Waals surface area contributed by atoms with Gasteiger partial charge in [0.2, 0.25) is 0 Å². The topological polar surface area (TPSA) is 62.2 Å². The summed E-state index contributed by atoms with van der Waals surface area (Å²) in [6.45, 7) is 0. The van der Waals surface area contributed by atoms with Gasteiger partial charge in [0.05, 0.1) is 11.4 Å². The summed E-state index contributed by atoms with van der Waals surface area (Å²) in [6.07, 6.45) is 4.41. The largest absolute Gasteiger partial charge is 0.386 e. The zero-order chi connectivity index (χ0) is 11.5. The molecule has 0 fully saturated rings. The number of nitriles is 1. The van der Waals surface area contributed by atoms with Crippen LogP contribution in [0.3, 0.4) is 0 Å².